The van der Waals surface area contributed by atoms with Crippen LogP contribution in [-0.4, -0.2) is 0 Å². The van der Waals surface area contributed by atoms with Crippen molar-refractivity contribution in [2.75, 3.05) is 0 Å². The average molecular weight is 172 g/mol. The molecule has 0 bridgehead atoms. The van der Waals surface area contributed by atoms with Crippen LogP contribution >= 0.6 is 0 Å². The maximum Gasteiger partial charge on any atom is -0.0128 e. The van der Waals surface area contributed by atoms with Gasteiger partial charge in [-0.1, -0.05) is 31.2 Å². The molecular weight excluding hydrogens is 156 g/mol. The Hall–Kier alpha value is -0.780. The highest BCUT2D eigenvalue weighted by Gasteiger charge is 2.41. The van der Waals surface area contributed by atoms with Gasteiger partial charge < -0.3 is 0 Å². The summed E-state index contributed by atoms with van der Waals surface area (Å²) in [5.41, 5.74) is 3.29. The summed E-state index contributed by atoms with van der Waals surface area (Å²) in [4.78, 5) is 0. The fraction of sp³-hybridized carbons (Fsp3) is 0.538. The van der Waals surface area contributed by atoms with Gasteiger partial charge in [-0.15, -0.1) is 0 Å². The summed E-state index contributed by atoms with van der Waals surface area (Å²) in [6.07, 6.45) is 4.23. The number of hydrogen-bond acceptors (Lipinski definition) is 0. The monoisotopic (exact) mass is 172 g/mol. The van der Waals surface area contributed by atoms with Gasteiger partial charge in [-0.25, -0.2) is 0 Å². The highest BCUT2D eigenvalue weighted by Crippen LogP contribution is 2.54. The minimum Gasteiger partial charge on any atom is -0.0622 e. The van der Waals surface area contributed by atoms with Gasteiger partial charge in [0, 0.05) is 0 Å². The van der Waals surface area contributed by atoms with Crippen molar-refractivity contribution in [3.63, 3.8) is 0 Å². The molecule has 1 aromatic rings. The summed E-state index contributed by atoms with van der Waals surface area (Å²) in [7, 11) is 0. The standard InChI is InChI=1S/C13H16/c1-9-6-10-4-2-3-5-12(10)13-8-11(13)7-9/h2-5,9,11,13H,6-8H2,1H3. The Morgan fingerprint density at radius 1 is 1.15 bits per heavy atom. The lowest BCUT2D eigenvalue weighted by molar-refractivity contribution is 0.500. The Morgan fingerprint density at radius 2 is 2.00 bits per heavy atom. The van der Waals surface area contributed by atoms with E-state index in [2.05, 4.69) is 31.2 Å². The van der Waals surface area contributed by atoms with Crippen LogP contribution in [0.1, 0.15) is 36.8 Å². The largest absolute Gasteiger partial charge is 0.0622 e. The molecule has 1 fully saturated rings. The summed E-state index contributed by atoms with van der Waals surface area (Å²) < 4.78 is 0. The third-order valence-corrected chi connectivity index (χ3v) is 3.65. The molecule has 0 N–H and O–H groups in total. The Balaban J connectivity index is 2.05. The van der Waals surface area contributed by atoms with E-state index in [0.717, 1.165) is 17.8 Å². The van der Waals surface area contributed by atoms with Crippen LogP contribution < -0.4 is 0 Å². The summed E-state index contributed by atoms with van der Waals surface area (Å²) in [5, 5.41) is 0. The third kappa shape index (κ3) is 1.20. The van der Waals surface area contributed by atoms with Gasteiger partial charge in [-0.05, 0) is 48.1 Å². The van der Waals surface area contributed by atoms with Gasteiger partial charge in [0.1, 0.15) is 0 Å². The van der Waals surface area contributed by atoms with Crippen LogP contribution in [0.5, 0.6) is 0 Å². The summed E-state index contributed by atoms with van der Waals surface area (Å²) in [6, 6.07) is 9.06. The zero-order valence-corrected chi connectivity index (χ0v) is 8.16. The molecular formula is C13H16. The maximum atomic E-state index is 2.40. The molecule has 3 rings (SSSR count). The molecule has 0 radical (unpaired) electrons. The lowest BCUT2D eigenvalue weighted by Gasteiger charge is -2.09. The number of benzene rings is 1. The van der Waals surface area contributed by atoms with E-state index >= 15 is 0 Å². The van der Waals surface area contributed by atoms with Crippen LogP contribution in [0, 0.1) is 11.8 Å². The highest BCUT2D eigenvalue weighted by atomic mass is 14.5. The van der Waals surface area contributed by atoms with E-state index in [4.69, 9.17) is 0 Å². The molecule has 3 unspecified atom stereocenters. The molecule has 2 aliphatic rings. The molecule has 2 aliphatic carbocycles. The van der Waals surface area contributed by atoms with E-state index in [1.54, 1.807) is 11.1 Å². The second-order valence-electron chi connectivity index (χ2n) is 4.85. The lowest BCUT2D eigenvalue weighted by Crippen LogP contribution is -1.99. The van der Waals surface area contributed by atoms with Gasteiger partial charge in [0.2, 0.25) is 0 Å². The lowest BCUT2D eigenvalue weighted by atomic mass is 9.96. The van der Waals surface area contributed by atoms with E-state index in [0.29, 0.717) is 0 Å². The molecule has 0 spiro atoms. The first kappa shape index (κ1) is 7.61. The van der Waals surface area contributed by atoms with Crippen molar-refractivity contribution in [1.82, 2.24) is 0 Å². The highest BCUT2D eigenvalue weighted by molar-refractivity contribution is 5.36. The van der Waals surface area contributed by atoms with Crippen molar-refractivity contribution >= 4 is 0 Å². The minimum atomic E-state index is 0.902. The Kier molecular flexibility index (Phi) is 1.52. The second-order valence-corrected chi connectivity index (χ2v) is 4.85. The van der Waals surface area contributed by atoms with E-state index < -0.39 is 0 Å². The maximum absolute atomic E-state index is 2.40. The molecule has 1 aromatic carbocycles. The Labute approximate surface area is 80.0 Å². The number of fused-ring (bicyclic) bond motifs is 3. The predicted molar refractivity (Wildman–Crippen MR) is 54.8 cm³/mol. The van der Waals surface area contributed by atoms with Crippen molar-refractivity contribution in [2.45, 2.75) is 32.1 Å². The average Bonchev–Trinajstić information content (AvgIpc) is 2.83. The van der Waals surface area contributed by atoms with Crippen molar-refractivity contribution in [1.29, 1.82) is 0 Å². The first-order valence-electron chi connectivity index (χ1n) is 5.42. The first-order valence-corrected chi connectivity index (χ1v) is 5.42. The third-order valence-electron chi connectivity index (χ3n) is 3.65. The van der Waals surface area contributed by atoms with Gasteiger partial charge >= 0.3 is 0 Å². The summed E-state index contributed by atoms with van der Waals surface area (Å²) in [6.45, 7) is 2.40. The molecule has 0 amide bonds. The van der Waals surface area contributed by atoms with Gasteiger partial charge in [0.25, 0.3) is 0 Å². The molecule has 0 heterocycles. The van der Waals surface area contributed by atoms with Gasteiger partial charge in [-0.2, -0.15) is 0 Å². The van der Waals surface area contributed by atoms with Crippen LogP contribution in [-0.2, 0) is 6.42 Å². The molecule has 0 aromatic heterocycles. The summed E-state index contributed by atoms with van der Waals surface area (Å²) in [5.74, 6) is 2.86. The van der Waals surface area contributed by atoms with Gasteiger partial charge in [0.05, 0.1) is 0 Å². The molecule has 0 nitrogen and oxygen atoms in total. The van der Waals surface area contributed by atoms with Crippen LogP contribution in [0.3, 0.4) is 0 Å². The normalized spacial score (nSPS) is 35.9. The Bertz CT molecular complexity index is 327. The molecule has 68 valence electrons. The number of rotatable bonds is 0. The van der Waals surface area contributed by atoms with E-state index in [-0.39, 0.29) is 0 Å². The van der Waals surface area contributed by atoms with E-state index in [1.807, 2.05) is 0 Å². The van der Waals surface area contributed by atoms with Crippen LogP contribution in [0.2, 0.25) is 0 Å². The molecule has 13 heavy (non-hydrogen) atoms. The fourth-order valence-electron chi connectivity index (χ4n) is 2.95. The summed E-state index contributed by atoms with van der Waals surface area (Å²) >= 11 is 0. The minimum absolute atomic E-state index is 0.902. The van der Waals surface area contributed by atoms with Gasteiger partial charge in [-0.3, -0.25) is 0 Å². The van der Waals surface area contributed by atoms with Crippen molar-refractivity contribution < 1.29 is 0 Å². The van der Waals surface area contributed by atoms with Crippen LogP contribution in [0.25, 0.3) is 0 Å². The quantitative estimate of drug-likeness (QED) is 0.563. The van der Waals surface area contributed by atoms with Crippen molar-refractivity contribution in [3.8, 4) is 0 Å². The SMILES string of the molecule is CC1Cc2ccccc2C2CC2C1. The van der Waals surface area contributed by atoms with Gasteiger partial charge in [0.15, 0.2) is 0 Å². The second kappa shape index (κ2) is 2.60. The molecule has 1 saturated carbocycles. The van der Waals surface area contributed by atoms with Crippen molar-refractivity contribution in [2.24, 2.45) is 11.8 Å². The smallest absolute Gasteiger partial charge is 0.0128 e. The molecule has 0 heteroatoms. The number of hydrogen-bond donors (Lipinski definition) is 0. The van der Waals surface area contributed by atoms with Crippen LogP contribution in [0.15, 0.2) is 24.3 Å². The zero-order chi connectivity index (χ0) is 8.84. The van der Waals surface area contributed by atoms with Crippen LogP contribution in [0.4, 0.5) is 0 Å². The first-order chi connectivity index (χ1) is 6.34. The molecule has 3 atom stereocenters. The molecule has 0 saturated heterocycles. The predicted octanol–water partition coefficient (Wildman–Crippen LogP) is 3.37. The fourth-order valence-corrected chi connectivity index (χ4v) is 2.95. The Morgan fingerprint density at radius 3 is 2.92 bits per heavy atom. The topological polar surface area (TPSA) is 0 Å². The van der Waals surface area contributed by atoms with Crippen molar-refractivity contribution in [3.05, 3.63) is 35.4 Å². The molecule has 0 aliphatic heterocycles. The van der Waals surface area contributed by atoms with E-state index in [9.17, 15) is 0 Å². The van der Waals surface area contributed by atoms with E-state index in [1.165, 1.54) is 19.3 Å². The zero-order valence-electron chi connectivity index (χ0n) is 8.16.